The molecule has 0 aliphatic heterocycles. The van der Waals surface area contributed by atoms with Crippen LogP contribution >= 0.6 is 0 Å². The van der Waals surface area contributed by atoms with Crippen molar-refractivity contribution < 1.29 is 9.53 Å². The van der Waals surface area contributed by atoms with Crippen LogP contribution in [0, 0.1) is 0 Å². The van der Waals surface area contributed by atoms with Crippen LogP contribution in [0.4, 0.5) is 0 Å². The first kappa shape index (κ1) is 14.0. The van der Waals surface area contributed by atoms with Crippen LogP contribution in [0.2, 0.25) is 0 Å². The van der Waals surface area contributed by atoms with E-state index >= 15 is 0 Å². The Kier molecular flexibility index (Phi) is 5.71. The third kappa shape index (κ3) is 4.45. The van der Waals surface area contributed by atoms with Gasteiger partial charge in [-0.3, -0.25) is 4.79 Å². The average Bonchev–Trinajstić information content (AvgIpc) is 2.38. The van der Waals surface area contributed by atoms with Crippen molar-refractivity contribution in [1.29, 1.82) is 0 Å². The second kappa shape index (κ2) is 7.33. The van der Waals surface area contributed by atoms with Gasteiger partial charge in [0, 0.05) is 13.6 Å². The molecule has 0 unspecified atom stereocenters. The van der Waals surface area contributed by atoms with E-state index in [0.717, 1.165) is 11.3 Å². The number of ether oxygens (including phenoxy) is 1. The van der Waals surface area contributed by atoms with Crippen molar-refractivity contribution in [2.75, 3.05) is 13.7 Å². The number of rotatable bonds is 6. The fraction of sp³-hybridized carbons (Fsp3) is 0.267. The summed E-state index contributed by atoms with van der Waals surface area (Å²) in [5, 5.41) is 0. The molecule has 0 aliphatic rings. The molecule has 1 aromatic carbocycles. The van der Waals surface area contributed by atoms with Gasteiger partial charge in [-0.2, -0.15) is 0 Å². The third-order valence-electron chi connectivity index (χ3n) is 2.40. The number of hydrogen-bond acceptors (Lipinski definition) is 2. The molecule has 3 heteroatoms. The zero-order valence-corrected chi connectivity index (χ0v) is 10.9. The number of carbonyl (C=O) groups is 1. The lowest BCUT2D eigenvalue weighted by Crippen LogP contribution is -2.24. The molecule has 18 heavy (non-hydrogen) atoms. The summed E-state index contributed by atoms with van der Waals surface area (Å²) in [5.41, 5.74) is 1.07. The fourth-order valence-corrected chi connectivity index (χ4v) is 1.47. The lowest BCUT2D eigenvalue weighted by atomic mass is 10.2. The van der Waals surface area contributed by atoms with Crippen LogP contribution in [0.3, 0.4) is 0 Å². The lowest BCUT2D eigenvalue weighted by Gasteiger charge is -2.15. The van der Waals surface area contributed by atoms with Crippen LogP contribution in [-0.2, 0) is 11.3 Å². The predicted molar refractivity (Wildman–Crippen MR) is 73.4 cm³/mol. The van der Waals surface area contributed by atoms with Gasteiger partial charge in [0.1, 0.15) is 12.4 Å². The van der Waals surface area contributed by atoms with Gasteiger partial charge >= 0.3 is 0 Å². The van der Waals surface area contributed by atoms with Crippen molar-refractivity contribution in [3.05, 3.63) is 54.6 Å². The van der Waals surface area contributed by atoms with E-state index in [4.69, 9.17) is 4.74 Å². The Morgan fingerprint density at radius 1 is 1.39 bits per heavy atom. The zero-order chi connectivity index (χ0) is 13.4. The number of carbonyl (C=O) groups excluding carboxylic acids is 1. The van der Waals surface area contributed by atoms with Crippen LogP contribution in [-0.4, -0.2) is 24.5 Å². The minimum atomic E-state index is 0.00415. The van der Waals surface area contributed by atoms with E-state index in [-0.39, 0.29) is 5.91 Å². The Bertz CT molecular complexity index is 421. The van der Waals surface area contributed by atoms with E-state index in [1.54, 1.807) is 30.2 Å². The molecule has 0 atom stereocenters. The number of benzene rings is 1. The van der Waals surface area contributed by atoms with Crippen molar-refractivity contribution >= 4 is 5.91 Å². The Hall–Kier alpha value is -2.03. The summed E-state index contributed by atoms with van der Waals surface area (Å²) in [5.74, 6) is 0.811. The molecule has 0 bridgehead atoms. The number of allylic oxidation sites excluding steroid dienone is 1. The topological polar surface area (TPSA) is 29.5 Å². The normalized spacial score (nSPS) is 10.3. The largest absolute Gasteiger partial charge is 0.490 e. The fourth-order valence-electron chi connectivity index (χ4n) is 1.47. The molecule has 3 nitrogen and oxygen atoms in total. The molecule has 0 aromatic heterocycles. The highest BCUT2D eigenvalue weighted by molar-refractivity contribution is 5.87. The van der Waals surface area contributed by atoms with Crippen LogP contribution < -0.4 is 4.74 Å². The number of likely N-dealkylation sites (N-methyl/N-ethyl adjacent to an activating group) is 1. The molecule has 0 aliphatic carbocycles. The Balaban J connectivity index is 2.57. The summed E-state index contributed by atoms with van der Waals surface area (Å²) in [6, 6.07) is 7.70. The minimum Gasteiger partial charge on any atom is -0.490 e. The minimum absolute atomic E-state index is 0.00415. The van der Waals surface area contributed by atoms with Gasteiger partial charge in [-0.25, -0.2) is 0 Å². The summed E-state index contributed by atoms with van der Waals surface area (Å²) >= 11 is 0. The molecular weight excluding hydrogens is 226 g/mol. The average molecular weight is 245 g/mol. The van der Waals surface area contributed by atoms with Gasteiger partial charge in [0.25, 0.3) is 0 Å². The molecule has 0 saturated carbocycles. The smallest absolute Gasteiger partial charge is 0.246 e. The molecule has 1 aromatic rings. The van der Waals surface area contributed by atoms with Crippen molar-refractivity contribution in [2.45, 2.75) is 13.5 Å². The second-order valence-corrected chi connectivity index (χ2v) is 3.94. The molecule has 1 rings (SSSR count). The highest BCUT2D eigenvalue weighted by Crippen LogP contribution is 2.13. The third-order valence-corrected chi connectivity index (χ3v) is 2.40. The van der Waals surface area contributed by atoms with E-state index in [0.29, 0.717) is 13.2 Å². The first-order valence-corrected chi connectivity index (χ1v) is 5.87. The molecule has 0 spiro atoms. The van der Waals surface area contributed by atoms with Gasteiger partial charge in [-0.1, -0.05) is 30.9 Å². The maximum absolute atomic E-state index is 11.6. The number of hydrogen-bond donors (Lipinski definition) is 0. The van der Waals surface area contributed by atoms with E-state index in [2.05, 4.69) is 6.58 Å². The summed E-state index contributed by atoms with van der Waals surface area (Å²) in [6.45, 7) is 6.51. The van der Waals surface area contributed by atoms with Gasteiger partial charge in [0.15, 0.2) is 0 Å². The maximum atomic E-state index is 11.6. The molecular formula is C15H19NO2. The predicted octanol–water partition coefficient (Wildman–Crippen LogP) is 2.79. The monoisotopic (exact) mass is 245 g/mol. The van der Waals surface area contributed by atoms with Gasteiger partial charge in [0.2, 0.25) is 5.91 Å². The van der Waals surface area contributed by atoms with Crippen LogP contribution in [0.15, 0.2) is 49.1 Å². The summed E-state index contributed by atoms with van der Waals surface area (Å²) in [6.07, 6.45) is 5.00. The van der Waals surface area contributed by atoms with E-state index in [1.165, 1.54) is 0 Å². The lowest BCUT2D eigenvalue weighted by molar-refractivity contribution is -0.125. The van der Waals surface area contributed by atoms with Crippen molar-refractivity contribution in [2.24, 2.45) is 0 Å². The maximum Gasteiger partial charge on any atom is 0.246 e. The molecule has 1 amide bonds. The Morgan fingerprint density at radius 3 is 2.61 bits per heavy atom. The van der Waals surface area contributed by atoms with E-state index < -0.39 is 0 Å². The summed E-state index contributed by atoms with van der Waals surface area (Å²) in [4.78, 5) is 13.2. The molecule has 0 N–H and O–H groups in total. The number of amides is 1. The van der Waals surface area contributed by atoms with Crippen LogP contribution in [0.25, 0.3) is 0 Å². The molecule has 0 heterocycles. The van der Waals surface area contributed by atoms with Gasteiger partial charge < -0.3 is 9.64 Å². The molecule has 0 radical (unpaired) electrons. The zero-order valence-electron chi connectivity index (χ0n) is 10.9. The first-order chi connectivity index (χ1) is 8.67. The van der Waals surface area contributed by atoms with Gasteiger partial charge in [-0.05, 0) is 30.7 Å². The second-order valence-electron chi connectivity index (χ2n) is 3.94. The highest BCUT2D eigenvalue weighted by atomic mass is 16.5. The molecule has 96 valence electrons. The van der Waals surface area contributed by atoms with E-state index in [9.17, 15) is 4.79 Å². The Morgan fingerprint density at radius 2 is 2.06 bits per heavy atom. The Labute approximate surface area is 108 Å². The molecule has 0 saturated heterocycles. The van der Waals surface area contributed by atoms with Gasteiger partial charge in [0.05, 0.1) is 0 Å². The van der Waals surface area contributed by atoms with E-state index in [1.807, 2.05) is 31.2 Å². The van der Waals surface area contributed by atoms with Crippen molar-refractivity contribution in [3.8, 4) is 5.75 Å². The van der Waals surface area contributed by atoms with Crippen LogP contribution in [0.5, 0.6) is 5.75 Å². The highest BCUT2D eigenvalue weighted by Gasteiger charge is 2.05. The standard InChI is InChI=1S/C15H19NO2/c1-4-6-15(17)16(3)12-13-7-9-14(10-8-13)18-11-5-2/h4-10H,2,11-12H2,1,3H3. The van der Waals surface area contributed by atoms with Gasteiger partial charge in [-0.15, -0.1) is 0 Å². The van der Waals surface area contributed by atoms with Crippen molar-refractivity contribution in [3.63, 3.8) is 0 Å². The summed E-state index contributed by atoms with van der Waals surface area (Å²) < 4.78 is 5.39. The number of nitrogens with zero attached hydrogens (tertiary/aromatic N) is 1. The molecule has 0 fully saturated rings. The first-order valence-electron chi connectivity index (χ1n) is 5.87. The van der Waals surface area contributed by atoms with Crippen LogP contribution in [0.1, 0.15) is 12.5 Å². The summed E-state index contributed by atoms with van der Waals surface area (Å²) in [7, 11) is 1.78. The SMILES string of the molecule is C=CCOc1ccc(CN(C)C(=O)C=CC)cc1. The van der Waals surface area contributed by atoms with Crippen molar-refractivity contribution in [1.82, 2.24) is 4.90 Å². The quantitative estimate of drug-likeness (QED) is 0.569.